The summed E-state index contributed by atoms with van der Waals surface area (Å²) in [6.07, 6.45) is -1.48. The van der Waals surface area contributed by atoms with Crippen molar-refractivity contribution in [1.82, 2.24) is 0 Å². The molecule has 0 aromatic carbocycles. The van der Waals surface area contributed by atoms with Gasteiger partial charge in [-0.25, -0.2) is 4.79 Å². The highest BCUT2D eigenvalue weighted by atomic mass is 16.6. The summed E-state index contributed by atoms with van der Waals surface area (Å²) in [6, 6.07) is 0. The van der Waals surface area contributed by atoms with Crippen LogP contribution in [0, 0.1) is 0 Å². The minimum absolute atomic E-state index is 0.0490. The average molecular weight is 246 g/mol. The van der Waals surface area contributed by atoms with Gasteiger partial charge in [-0.1, -0.05) is 13.3 Å². The normalized spacial score (nSPS) is 27.4. The highest BCUT2D eigenvalue weighted by molar-refractivity contribution is 5.75. The lowest BCUT2D eigenvalue weighted by molar-refractivity contribution is -0.171. The first-order valence-corrected chi connectivity index (χ1v) is 6.00. The fraction of sp³-hybridized carbons (Fsp3) is 0.917. The molecular formula is C12H22O5. The molecule has 0 aromatic rings. The van der Waals surface area contributed by atoms with Crippen LogP contribution in [0.25, 0.3) is 0 Å². The summed E-state index contributed by atoms with van der Waals surface area (Å²) in [5, 5.41) is 19.4. The first-order chi connectivity index (χ1) is 7.76. The van der Waals surface area contributed by atoms with Crippen molar-refractivity contribution in [2.75, 3.05) is 0 Å². The molecule has 4 atom stereocenters. The van der Waals surface area contributed by atoms with Crippen molar-refractivity contribution in [3.63, 3.8) is 0 Å². The van der Waals surface area contributed by atoms with Crippen molar-refractivity contribution in [1.29, 1.82) is 0 Å². The minimum Gasteiger partial charge on any atom is -0.458 e. The van der Waals surface area contributed by atoms with Crippen molar-refractivity contribution < 1.29 is 24.5 Å². The molecule has 0 radical (unpaired) electrons. The van der Waals surface area contributed by atoms with Gasteiger partial charge in [-0.15, -0.1) is 0 Å². The zero-order chi connectivity index (χ0) is 13.2. The molecule has 5 heteroatoms. The van der Waals surface area contributed by atoms with Crippen molar-refractivity contribution >= 4 is 5.97 Å². The first-order valence-electron chi connectivity index (χ1n) is 6.00. The molecule has 2 N–H and O–H groups in total. The molecule has 0 bridgehead atoms. The monoisotopic (exact) mass is 246 g/mol. The Bertz CT molecular complexity index is 271. The summed E-state index contributed by atoms with van der Waals surface area (Å²) in [6.45, 7) is 7.13. The molecule has 1 aliphatic heterocycles. The molecule has 0 saturated carbocycles. The summed E-state index contributed by atoms with van der Waals surface area (Å²) in [5.41, 5.74) is -0.676. The van der Waals surface area contributed by atoms with E-state index in [-0.39, 0.29) is 6.10 Å². The van der Waals surface area contributed by atoms with Gasteiger partial charge in [-0.3, -0.25) is 0 Å². The van der Waals surface area contributed by atoms with Crippen LogP contribution < -0.4 is 0 Å². The predicted octanol–water partition coefficient (Wildman–Crippen LogP) is 0.617. The van der Waals surface area contributed by atoms with Gasteiger partial charge in [-0.05, 0) is 27.2 Å². The Labute approximate surface area is 102 Å². The third-order valence-electron chi connectivity index (χ3n) is 2.50. The molecule has 5 nitrogen and oxygen atoms in total. The van der Waals surface area contributed by atoms with Crippen LogP contribution in [0.4, 0.5) is 0 Å². The maximum Gasteiger partial charge on any atom is 0.338 e. The Morgan fingerprint density at radius 1 is 1.41 bits per heavy atom. The van der Waals surface area contributed by atoms with Gasteiger partial charge >= 0.3 is 5.97 Å². The number of aliphatic hydroxyl groups excluding tert-OH is 2. The third-order valence-corrected chi connectivity index (χ3v) is 2.50. The van der Waals surface area contributed by atoms with Gasteiger partial charge in [0.25, 0.3) is 0 Å². The number of aliphatic hydroxyl groups is 2. The molecule has 1 saturated heterocycles. The van der Waals surface area contributed by atoms with Crippen molar-refractivity contribution in [3.8, 4) is 0 Å². The summed E-state index contributed by atoms with van der Waals surface area (Å²) < 4.78 is 10.2. The van der Waals surface area contributed by atoms with E-state index in [0.29, 0.717) is 0 Å². The first kappa shape index (κ1) is 14.4. The molecule has 1 heterocycles. The van der Waals surface area contributed by atoms with Crippen molar-refractivity contribution in [2.24, 2.45) is 0 Å². The molecule has 0 amide bonds. The number of ether oxygens (including phenoxy) is 2. The molecule has 100 valence electrons. The Kier molecular flexibility index (Phi) is 4.52. The van der Waals surface area contributed by atoms with Gasteiger partial charge in [0.2, 0.25) is 0 Å². The molecular weight excluding hydrogens is 224 g/mol. The summed E-state index contributed by atoms with van der Waals surface area (Å²) in [7, 11) is 0. The lowest BCUT2D eigenvalue weighted by Gasteiger charge is -2.23. The number of epoxide rings is 1. The van der Waals surface area contributed by atoms with Gasteiger partial charge in [-0.2, -0.15) is 0 Å². The number of rotatable bonds is 5. The maximum absolute atomic E-state index is 11.5. The second kappa shape index (κ2) is 5.33. The topological polar surface area (TPSA) is 79.3 Å². The van der Waals surface area contributed by atoms with Crippen LogP contribution in [-0.4, -0.2) is 46.2 Å². The lowest BCUT2D eigenvalue weighted by atomic mass is 10.1. The van der Waals surface area contributed by atoms with Crippen LogP contribution in [0.1, 0.15) is 40.5 Å². The van der Waals surface area contributed by atoms with Crippen LogP contribution in [0.15, 0.2) is 0 Å². The molecule has 1 fully saturated rings. The van der Waals surface area contributed by atoms with Crippen LogP contribution in [-0.2, 0) is 14.3 Å². The third kappa shape index (κ3) is 4.26. The van der Waals surface area contributed by atoms with E-state index < -0.39 is 29.9 Å². The van der Waals surface area contributed by atoms with Crippen LogP contribution >= 0.6 is 0 Å². The van der Waals surface area contributed by atoms with Gasteiger partial charge < -0.3 is 19.7 Å². The van der Waals surface area contributed by atoms with Crippen molar-refractivity contribution in [2.45, 2.75) is 70.6 Å². The molecule has 1 aliphatic rings. The SMILES string of the molecule is CCC[C@@H]1O[C@H]1[C@@H](O)[C@H](O)C(=O)OC(C)(C)C. The zero-order valence-corrected chi connectivity index (χ0v) is 10.8. The van der Waals surface area contributed by atoms with E-state index in [9.17, 15) is 15.0 Å². The van der Waals surface area contributed by atoms with Crippen LogP contribution in [0.5, 0.6) is 0 Å². The second-order valence-corrected chi connectivity index (χ2v) is 5.40. The molecule has 17 heavy (non-hydrogen) atoms. The van der Waals surface area contributed by atoms with E-state index in [2.05, 4.69) is 0 Å². The van der Waals surface area contributed by atoms with E-state index in [4.69, 9.17) is 9.47 Å². The van der Waals surface area contributed by atoms with Crippen LogP contribution in [0.2, 0.25) is 0 Å². The average Bonchev–Trinajstić information content (AvgIpc) is 2.93. The Morgan fingerprint density at radius 2 is 2.00 bits per heavy atom. The molecule has 1 rings (SSSR count). The highest BCUT2D eigenvalue weighted by Gasteiger charge is 2.48. The summed E-state index contributed by atoms with van der Waals surface area (Å²) >= 11 is 0. The molecule has 0 spiro atoms. The molecule has 0 aromatic heterocycles. The fourth-order valence-electron chi connectivity index (χ4n) is 1.65. The van der Waals surface area contributed by atoms with E-state index in [1.165, 1.54) is 0 Å². The summed E-state index contributed by atoms with van der Waals surface area (Å²) in [5.74, 6) is -0.809. The minimum atomic E-state index is -1.54. The van der Waals surface area contributed by atoms with Gasteiger partial charge in [0.15, 0.2) is 6.10 Å². The van der Waals surface area contributed by atoms with Gasteiger partial charge in [0.05, 0.1) is 6.10 Å². The predicted molar refractivity (Wildman–Crippen MR) is 61.4 cm³/mol. The Morgan fingerprint density at radius 3 is 2.47 bits per heavy atom. The van der Waals surface area contributed by atoms with Crippen LogP contribution in [0.3, 0.4) is 0 Å². The fourth-order valence-corrected chi connectivity index (χ4v) is 1.65. The maximum atomic E-state index is 11.5. The molecule has 0 unspecified atom stereocenters. The van der Waals surface area contributed by atoms with E-state index in [0.717, 1.165) is 12.8 Å². The zero-order valence-electron chi connectivity index (χ0n) is 10.8. The lowest BCUT2D eigenvalue weighted by Crippen LogP contribution is -2.42. The molecule has 0 aliphatic carbocycles. The largest absolute Gasteiger partial charge is 0.458 e. The smallest absolute Gasteiger partial charge is 0.338 e. The number of carbonyl (C=O) groups excluding carboxylic acids is 1. The van der Waals surface area contributed by atoms with E-state index >= 15 is 0 Å². The van der Waals surface area contributed by atoms with Crippen molar-refractivity contribution in [3.05, 3.63) is 0 Å². The Balaban J connectivity index is 2.42. The summed E-state index contributed by atoms with van der Waals surface area (Å²) in [4.78, 5) is 11.5. The highest BCUT2D eigenvalue weighted by Crippen LogP contribution is 2.31. The number of hydrogen-bond donors (Lipinski definition) is 2. The van der Waals surface area contributed by atoms with Gasteiger partial charge in [0.1, 0.15) is 17.8 Å². The number of esters is 1. The standard InChI is InChI=1S/C12H22O5/c1-5-6-7-10(16-7)8(13)9(14)11(15)17-12(2,3)4/h7-10,13-14H,5-6H2,1-4H3/t7-,8-,9-,10+/m0/s1. The second-order valence-electron chi connectivity index (χ2n) is 5.40. The van der Waals surface area contributed by atoms with E-state index in [1.54, 1.807) is 20.8 Å². The quantitative estimate of drug-likeness (QED) is 0.549. The number of carbonyl (C=O) groups is 1. The van der Waals surface area contributed by atoms with E-state index in [1.807, 2.05) is 6.92 Å². The Hall–Kier alpha value is -0.650. The van der Waals surface area contributed by atoms with Gasteiger partial charge in [0, 0.05) is 0 Å². The number of hydrogen-bond acceptors (Lipinski definition) is 5.